The van der Waals surface area contributed by atoms with Gasteiger partial charge in [0.05, 0.1) is 17.1 Å². The molecule has 0 saturated carbocycles. The minimum Gasteiger partial charge on any atom is -0.384 e. The molecule has 0 aliphatic heterocycles. The summed E-state index contributed by atoms with van der Waals surface area (Å²) >= 11 is 13.3. The van der Waals surface area contributed by atoms with Gasteiger partial charge in [0.15, 0.2) is 21.9 Å². The summed E-state index contributed by atoms with van der Waals surface area (Å²) in [6, 6.07) is 23.1. The van der Waals surface area contributed by atoms with E-state index in [0.717, 1.165) is 11.1 Å². The average molecular weight is 838 g/mol. The molecule has 0 unspecified atom stereocenters. The summed E-state index contributed by atoms with van der Waals surface area (Å²) in [5, 5.41) is 8.59. The van der Waals surface area contributed by atoms with Crippen molar-refractivity contribution in [2.75, 3.05) is 42.8 Å². The van der Waals surface area contributed by atoms with Crippen molar-refractivity contribution in [3.63, 3.8) is 0 Å². The molecule has 0 spiro atoms. The van der Waals surface area contributed by atoms with Gasteiger partial charge in [-0.2, -0.15) is 0 Å². The first-order valence-corrected chi connectivity index (χ1v) is 19.1. The highest BCUT2D eigenvalue weighted by atomic mass is 35.5. The van der Waals surface area contributed by atoms with Crippen molar-refractivity contribution < 1.29 is 9.59 Å². The Labute approximate surface area is 349 Å². The maximum atomic E-state index is 13.6. The summed E-state index contributed by atoms with van der Waals surface area (Å²) in [4.78, 5) is 72.9. The highest BCUT2D eigenvalue weighted by Gasteiger charge is 2.22. The maximum Gasteiger partial charge on any atom is 0.294 e. The molecule has 2 aromatic carbocycles. The SMILES string of the molecule is CNc1nc(Cl)c(-c2cccc(Cc3nc(N)ccc3CNC(=O)Cn3c(-c4ccccc4)c(Cl)nc(N(C)C)c3=O)c2)n(CC(=O)NCc2ccc(N)nc2C)c1=O. The molecule has 16 nitrogen and oxygen atoms in total. The van der Waals surface area contributed by atoms with Crippen molar-refractivity contribution in [2.45, 2.75) is 39.5 Å². The Balaban J connectivity index is 1.24. The number of nitrogens with two attached hydrogens (primary N) is 2. The lowest BCUT2D eigenvalue weighted by atomic mass is 10.0. The molecule has 0 bridgehead atoms. The highest BCUT2D eigenvalue weighted by molar-refractivity contribution is 6.32. The monoisotopic (exact) mass is 836 g/mol. The van der Waals surface area contributed by atoms with E-state index in [1.54, 1.807) is 86.6 Å². The van der Waals surface area contributed by atoms with Crippen LogP contribution in [-0.4, -0.2) is 62.0 Å². The van der Waals surface area contributed by atoms with Gasteiger partial charge in [-0.05, 0) is 41.8 Å². The first kappa shape index (κ1) is 41.8. The van der Waals surface area contributed by atoms with Crippen LogP contribution in [0.25, 0.3) is 22.5 Å². The molecule has 4 aromatic heterocycles. The molecule has 18 heteroatoms. The Kier molecular flexibility index (Phi) is 12.9. The van der Waals surface area contributed by atoms with Gasteiger partial charge in [0, 0.05) is 57.5 Å². The standard InChI is InChI=1S/C41H42Cl2N12O4/c1-23-27(13-15-30(44)49-23)19-47-32(56)21-54-35(36(42)51-38(46-2)40(54)58)26-12-8-9-24(17-26)18-29-28(14-16-31(45)50-29)20-48-33(57)22-55-34(25-10-6-5-7-11-25)37(43)52-39(41(55)59)53(3)4/h5-17H,18-22H2,1-4H3,(H2,44,49)(H2,45,50)(H,46,51)(H,47,56)(H,48,57). The lowest BCUT2D eigenvalue weighted by Crippen LogP contribution is -2.36. The van der Waals surface area contributed by atoms with E-state index in [4.69, 9.17) is 34.7 Å². The van der Waals surface area contributed by atoms with Gasteiger partial charge in [0.2, 0.25) is 11.8 Å². The zero-order valence-corrected chi connectivity index (χ0v) is 34.2. The van der Waals surface area contributed by atoms with Crippen LogP contribution in [0.2, 0.25) is 10.3 Å². The van der Waals surface area contributed by atoms with Crippen molar-refractivity contribution >= 4 is 58.3 Å². The molecule has 6 rings (SSSR count). The number of amides is 2. The zero-order chi connectivity index (χ0) is 42.4. The Morgan fingerprint density at radius 2 is 1.29 bits per heavy atom. The van der Waals surface area contributed by atoms with Crippen LogP contribution in [0.5, 0.6) is 0 Å². The molecular formula is C41H42Cl2N12O4. The number of hydrogen-bond donors (Lipinski definition) is 5. The first-order valence-electron chi connectivity index (χ1n) is 18.3. The van der Waals surface area contributed by atoms with Gasteiger partial charge in [0.25, 0.3) is 11.1 Å². The van der Waals surface area contributed by atoms with Crippen LogP contribution in [-0.2, 0) is 42.2 Å². The van der Waals surface area contributed by atoms with E-state index in [2.05, 4.69) is 35.9 Å². The second kappa shape index (κ2) is 18.2. The van der Waals surface area contributed by atoms with Gasteiger partial charge in [0.1, 0.15) is 24.7 Å². The maximum absolute atomic E-state index is 13.6. The molecule has 2 amide bonds. The number of nitrogen functional groups attached to an aromatic ring is 2. The van der Waals surface area contributed by atoms with E-state index in [1.165, 1.54) is 16.2 Å². The highest BCUT2D eigenvalue weighted by Crippen LogP contribution is 2.29. The van der Waals surface area contributed by atoms with Crippen molar-refractivity contribution in [3.05, 3.63) is 138 Å². The third kappa shape index (κ3) is 9.68. The van der Waals surface area contributed by atoms with E-state index < -0.39 is 22.9 Å². The lowest BCUT2D eigenvalue weighted by molar-refractivity contribution is -0.122. The third-order valence-electron chi connectivity index (χ3n) is 9.37. The predicted molar refractivity (Wildman–Crippen MR) is 230 cm³/mol. The van der Waals surface area contributed by atoms with E-state index in [-0.39, 0.29) is 66.1 Å². The molecule has 304 valence electrons. The van der Waals surface area contributed by atoms with E-state index in [0.29, 0.717) is 39.6 Å². The summed E-state index contributed by atoms with van der Waals surface area (Å²) in [5.74, 6) is -0.180. The van der Waals surface area contributed by atoms with E-state index in [1.807, 2.05) is 18.2 Å². The number of nitrogens with zero attached hydrogens (tertiary/aromatic N) is 7. The van der Waals surface area contributed by atoms with Crippen LogP contribution in [0.15, 0.2) is 88.5 Å². The van der Waals surface area contributed by atoms with Gasteiger partial charge in [-0.25, -0.2) is 19.9 Å². The molecule has 0 radical (unpaired) electrons. The average Bonchev–Trinajstić information content (AvgIpc) is 3.20. The van der Waals surface area contributed by atoms with Crippen LogP contribution in [0.4, 0.5) is 23.3 Å². The number of benzene rings is 2. The lowest BCUT2D eigenvalue weighted by Gasteiger charge is -2.19. The number of nitrogens with one attached hydrogen (secondary N) is 3. The number of halogens is 2. The van der Waals surface area contributed by atoms with Crippen LogP contribution >= 0.6 is 23.2 Å². The molecule has 0 saturated heterocycles. The molecule has 0 atom stereocenters. The summed E-state index contributed by atoms with van der Waals surface area (Å²) < 4.78 is 2.59. The summed E-state index contributed by atoms with van der Waals surface area (Å²) in [6.45, 7) is 1.36. The van der Waals surface area contributed by atoms with E-state index in [9.17, 15) is 19.2 Å². The van der Waals surface area contributed by atoms with Crippen molar-refractivity contribution in [3.8, 4) is 22.5 Å². The smallest absolute Gasteiger partial charge is 0.294 e. The normalized spacial score (nSPS) is 10.9. The Morgan fingerprint density at radius 3 is 1.93 bits per heavy atom. The third-order valence-corrected chi connectivity index (χ3v) is 9.90. The number of aryl methyl sites for hydroxylation is 1. The fourth-order valence-corrected chi connectivity index (χ4v) is 7.02. The first-order chi connectivity index (χ1) is 28.2. The number of rotatable bonds is 14. The van der Waals surface area contributed by atoms with Gasteiger partial charge in [-0.1, -0.05) is 83.9 Å². The molecule has 6 aromatic rings. The Bertz CT molecular complexity index is 2670. The molecule has 0 aliphatic rings. The van der Waals surface area contributed by atoms with Crippen LogP contribution in [0.1, 0.15) is 28.1 Å². The molecule has 59 heavy (non-hydrogen) atoms. The van der Waals surface area contributed by atoms with Gasteiger partial charge in [-0.15, -0.1) is 0 Å². The molecule has 7 N–H and O–H groups in total. The minimum atomic E-state index is -0.543. The Morgan fingerprint density at radius 1 is 0.712 bits per heavy atom. The summed E-state index contributed by atoms with van der Waals surface area (Å²) in [6.07, 6.45) is 0.271. The predicted octanol–water partition coefficient (Wildman–Crippen LogP) is 4.03. The number of aromatic nitrogens is 6. The number of hydrogen-bond acceptors (Lipinski definition) is 12. The van der Waals surface area contributed by atoms with Crippen molar-refractivity contribution in [1.29, 1.82) is 0 Å². The zero-order valence-electron chi connectivity index (χ0n) is 32.7. The molecule has 4 heterocycles. The number of anilines is 4. The van der Waals surface area contributed by atoms with E-state index >= 15 is 0 Å². The van der Waals surface area contributed by atoms with Gasteiger partial charge >= 0.3 is 0 Å². The second-order valence-electron chi connectivity index (χ2n) is 13.7. The molecule has 0 aliphatic carbocycles. The summed E-state index contributed by atoms with van der Waals surface area (Å²) in [5.41, 5.74) is 16.1. The molecular weight excluding hydrogens is 795 g/mol. The van der Waals surface area contributed by atoms with Crippen LogP contribution in [0, 0.1) is 6.92 Å². The number of carbonyl (C=O) groups excluding carboxylic acids is 2. The number of pyridine rings is 2. The number of carbonyl (C=O) groups is 2. The fraction of sp³-hybridized carbons (Fsp3) is 0.220. The summed E-state index contributed by atoms with van der Waals surface area (Å²) in [7, 11) is 4.88. The molecule has 0 fully saturated rings. The quantitative estimate of drug-likeness (QED) is 0.105. The largest absolute Gasteiger partial charge is 0.384 e. The fourth-order valence-electron chi connectivity index (χ4n) is 6.43. The van der Waals surface area contributed by atoms with Crippen molar-refractivity contribution in [1.82, 2.24) is 39.7 Å². The van der Waals surface area contributed by atoms with Crippen molar-refractivity contribution in [2.24, 2.45) is 0 Å². The van der Waals surface area contributed by atoms with Gasteiger partial charge in [-0.3, -0.25) is 28.3 Å². The minimum absolute atomic E-state index is 0.00526. The van der Waals surface area contributed by atoms with Crippen LogP contribution < -0.4 is 43.4 Å². The Hall–Kier alpha value is -6.78. The second-order valence-corrected chi connectivity index (χ2v) is 14.4. The topological polar surface area (TPSA) is 221 Å². The van der Waals surface area contributed by atoms with Crippen LogP contribution in [0.3, 0.4) is 0 Å². The van der Waals surface area contributed by atoms with Gasteiger partial charge < -0.3 is 32.3 Å².